The molecule has 0 aromatic carbocycles. The van der Waals surface area contributed by atoms with Crippen LogP contribution in [0.15, 0.2) is 11.6 Å². The third-order valence-electron chi connectivity index (χ3n) is 1.70. The zero-order valence-corrected chi connectivity index (χ0v) is 5.90. The van der Waals surface area contributed by atoms with Gasteiger partial charge in [0.1, 0.15) is 12.2 Å². The lowest BCUT2D eigenvalue weighted by Crippen LogP contribution is -2.27. The largest absolute Gasteiger partial charge is 0.396 e. The molecule has 1 aliphatic carbocycles. The third kappa shape index (κ3) is 1.48. The molecule has 2 atom stereocenters. The molecule has 0 saturated heterocycles. The van der Waals surface area contributed by atoms with Crippen LogP contribution in [0.1, 0.15) is 6.42 Å². The molecule has 4 nitrogen and oxygen atoms in total. The maximum Gasteiger partial charge on any atom is 0.187 e. The van der Waals surface area contributed by atoms with Gasteiger partial charge in [0.05, 0.1) is 0 Å². The summed E-state index contributed by atoms with van der Waals surface area (Å²) < 4.78 is 0. The highest BCUT2D eigenvalue weighted by atomic mass is 16.3. The average molecular weight is 158 g/mol. The zero-order chi connectivity index (χ0) is 8.43. The Morgan fingerprint density at radius 3 is 2.36 bits per heavy atom. The van der Waals surface area contributed by atoms with Crippen molar-refractivity contribution in [3.63, 3.8) is 0 Å². The van der Waals surface area contributed by atoms with Crippen molar-refractivity contribution in [1.29, 1.82) is 0 Å². The van der Waals surface area contributed by atoms with Gasteiger partial charge in [-0.2, -0.15) is 0 Å². The Balaban J connectivity index is 2.67. The molecule has 0 radical (unpaired) electrons. The molecule has 0 aliphatic heterocycles. The molecule has 0 aromatic rings. The van der Waals surface area contributed by atoms with Gasteiger partial charge in [0.15, 0.2) is 5.78 Å². The van der Waals surface area contributed by atoms with E-state index in [2.05, 4.69) is 0 Å². The van der Waals surface area contributed by atoms with Crippen molar-refractivity contribution < 1.29 is 20.1 Å². The Kier molecular flexibility index (Phi) is 2.38. The first-order valence-electron chi connectivity index (χ1n) is 3.38. The number of ketones is 1. The summed E-state index contributed by atoms with van der Waals surface area (Å²) in [5, 5.41) is 26.5. The number of hydrogen-bond acceptors (Lipinski definition) is 4. The van der Waals surface area contributed by atoms with E-state index in [-0.39, 0.29) is 13.0 Å². The summed E-state index contributed by atoms with van der Waals surface area (Å²) in [6.45, 7) is -0.122. The average Bonchev–Trinajstić information content (AvgIpc) is 2.19. The fourth-order valence-corrected chi connectivity index (χ4v) is 1.06. The number of hydrogen-bond donors (Lipinski definition) is 3. The predicted octanol–water partition coefficient (Wildman–Crippen LogP) is -1.40. The first-order chi connectivity index (χ1) is 5.16. The summed E-state index contributed by atoms with van der Waals surface area (Å²) in [5.41, 5.74) is 0.407. The standard InChI is InChI=1S/C7H10O4/c8-2-1-4-3-5(9)7(11)6(4)10/h3,6-8,10-11H,1-2H2/t6-,7-/m0/s1. The van der Waals surface area contributed by atoms with Crippen LogP contribution < -0.4 is 0 Å². The molecule has 0 heterocycles. The molecule has 1 aliphatic rings. The Labute approximate surface area is 63.8 Å². The van der Waals surface area contributed by atoms with Gasteiger partial charge in [-0.3, -0.25) is 4.79 Å². The number of rotatable bonds is 2. The fourth-order valence-electron chi connectivity index (χ4n) is 1.06. The van der Waals surface area contributed by atoms with Crippen LogP contribution in [0.25, 0.3) is 0 Å². The van der Waals surface area contributed by atoms with Gasteiger partial charge >= 0.3 is 0 Å². The van der Waals surface area contributed by atoms with E-state index in [0.717, 1.165) is 0 Å². The highest BCUT2D eigenvalue weighted by Crippen LogP contribution is 2.19. The van der Waals surface area contributed by atoms with E-state index < -0.39 is 18.0 Å². The van der Waals surface area contributed by atoms with Crippen molar-refractivity contribution in [2.75, 3.05) is 6.61 Å². The highest BCUT2D eigenvalue weighted by Gasteiger charge is 2.32. The smallest absolute Gasteiger partial charge is 0.187 e. The van der Waals surface area contributed by atoms with Crippen LogP contribution in [0.4, 0.5) is 0 Å². The van der Waals surface area contributed by atoms with Gasteiger partial charge in [-0.1, -0.05) is 0 Å². The van der Waals surface area contributed by atoms with E-state index >= 15 is 0 Å². The van der Waals surface area contributed by atoms with Crippen LogP contribution in [0.2, 0.25) is 0 Å². The van der Waals surface area contributed by atoms with Crippen LogP contribution in [0, 0.1) is 0 Å². The second kappa shape index (κ2) is 3.13. The quantitative estimate of drug-likeness (QED) is 0.462. The SMILES string of the molecule is O=C1C=C(CCO)[C@H](O)[C@H]1O. The van der Waals surface area contributed by atoms with Crippen molar-refractivity contribution >= 4 is 5.78 Å². The van der Waals surface area contributed by atoms with Crippen molar-refractivity contribution in [1.82, 2.24) is 0 Å². The molecule has 0 amide bonds. The summed E-state index contributed by atoms with van der Waals surface area (Å²) in [4.78, 5) is 10.7. The molecule has 0 bridgehead atoms. The van der Waals surface area contributed by atoms with Gasteiger partial charge in [0.2, 0.25) is 0 Å². The highest BCUT2D eigenvalue weighted by molar-refractivity contribution is 5.97. The lowest BCUT2D eigenvalue weighted by atomic mass is 10.1. The van der Waals surface area contributed by atoms with Gasteiger partial charge < -0.3 is 15.3 Å². The molecule has 0 saturated carbocycles. The molecule has 0 fully saturated rings. The summed E-state index contributed by atoms with van der Waals surface area (Å²) >= 11 is 0. The zero-order valence-electron chi connectivity index (χ0n) is 5.90. The van der Waals surface area contributed by atoms with E-state index in [4.69, 9.17) is 15.3 Å². The van der Waals surface area contributed by atoms with E-state index in [1.165, 1.54) is 6.08 Å². The topological polar surface area (TPSA) is 77.8 Å². The summed E-state index contributed by atoms with van der Waals surface area (Å²) in [7, 11) is 0. The minimum Gasteiger partial charge on any atom is -0.396 e. The van der Waals surface area contributed by atoms with Crippen molar-refractivity contribution in [2.24, 2.45) is 0 Å². The molecule has 0 aromatic heterocycles. The first-order valence-corrected chi connectivity index (χ1v) is 3.38. The van der Waals surface area contributed by atoms with E-state index in [1.807, 2.05) is 0 Å². The fraction of sp³-hybridized carbons (Fsp3) is 0.571. The summed E-state index contributed by atoms with van der Waals surface area (Å²) in [5.74, 6) is -0.485. The lowest BCUT2D eigenvalue weighted by Gasteiger charge is -2.09. The van der Waals surface area contributed by atoms with Crippen molar-refractivity contribution in [2.45, 2.75) is 18.6 Å². The molecule has 1 rings (SSSR count). The van der Waals surface area contributed by atoms with E-state index in [0.29, 0.717) is 5.57 Å². The molecule has 0 spiro atoms. The first kappa shape index (κ1) is 8.39. The maximum absolute atomic E-state index is 10.7. The monoisotopic (exact) mass is 158 g/mol. The second-order valence-electron chi connectivity index (χ2n) is 2.48. The lowest BCUT2D eigenvalue weighted by molar-refractivity contribution is -0.124. The van der Waals surface area contributed by atoms with Gasteiger partial charge in [0, 0.05) is 6.61 Å². The number of aliphatic hydroxyl groups is 3. The molecular weight excluding hydrogens is 148 g/mol. The molecule has 62 valence electrons. The second-order valence-corrected chi connectivity index (χ2v) is 2.48. The minimum atomic E-state index is -1.32. The Hall–Kier alpha value is -0.710. The van der Waals surface area contributed by atoms with Gasteiger partial charge in [-0.05, 0) is 18.1 Å². The van der Waals surface area contributed by atoms with Gasteiger partial charge in [0.25, 0.3) is 0 Å². The molecule has 3 N–H and O–H groups in total. The number of carbonyl (C=O) groups is 1. The molecular formula is C7H10O4. The predicted molar refractivity (Wildman–Crippen MR) is 36.8 cm³/mol. The van der Waals surface area contributed by atoms with Crippen LogP contribution in [-0.2, 0) is 4.79 Å². The van der Waals surface area contributed by atoms with Crippen LogP contribution >= 0.6 is 0 Å². The number of carbonyl (C=O) groups excluding carboxylic acids is 1. The van der Waals surface area contributed by atoms with Crippen LogP contribution in [0.3, 0.4) is 0 Å². The Bertz CT molecular complexity index is 197. The van der Waals surface area contributed by atoms with Crippen LogP contribution in [-0.4, -0.2) is 39.9 Å². The van der Waals surface area contributed by atoms with Gasteiger partial charge in [-0.25, -0.2) is 0 Å². The van der Waals surface area contributed by atoms with Gasteiger partial charge in [-0.15, -0.1) is 0 Å². The van der Waals surface area contributed by atoms with E-state index in [1.54, 1.807) is 0 Å². The number of aliphatic hydroxyl groups excluding tert-OH is 3. The van der Waals surface area contributed by atoms with E-state index in [9.17, 15) is 4.79 Å². The molecule has 4 heteroatoms. The maximum atomic E-state index is 10.7. The molecule has 11 heavy (non-hydrogen) atoms. The minimum absolute atomic E-state index is 0.122. The van der Waals surface area contributed by atoms with Crippen LogP contribution in [0.5, 0.6) is 0 Å². The summed E-state index contributed by atoms with van der Waals surface area (Å²) in [6.07, 6.45) is -1.01. The summed E-state index contributed by atoms with van der Waals surface area (Å²) in [6, 6.07) is 0. The van der Waals surface area contributed by atoms with Crippen molar-refractivity contribution in [3.8, 4) is 0 Å². The Morgan fingerprint density at radius 2 is 2.00 bits per heavy atom. The Morgan fingerprint density at radius 1 is 1.36 bits per heavy atom. The normalized spacial score (nSPS) is 30.8. The third-order valence-corrected chi connectivity index (χ3v) is 1.70. The van der Waals surface area contributed by atoms with Crippen molar-refractivity contribution in [3.05, 3.63) is 11.6 Å². The molecule has 0 unspecified atom stereocenters.